The van der Waals surface area contributed by atoms with Crippen molar-refractivity contribution in [1.82, 2.24) is 9.78 Å². The van der Waals surface area contributed by atoms with Crippen LogP contribution in [-0.2, 0) is 11.9 Å². The Hall–Kier alpha value is -1.05. The summed E-state index contributed by atoms with van der Waals surface area (Å²) in [6.45, 7) is 5.25. The van der Waals surface area contributed by atoms with Crippen LogP contribution in [-0.4, -0.2) is 24.7 Å². The predicted molar refractivity (Wildman–Crippen MR) is 72.4 cm³/mol. The number of aromatic nitrogens is 2. The van der Waals surface area contributed by atoms with E-state index in [9.17, 15) is 0 Å². The summed E-state index contributed by atoms with van der Waals surface area (Å²) in [5.41, 5.74) is 3.86. The fourth-order valence-electron chi connectivity index (χ4n) is 1.82. The maximum atomic E-state index is 4.48. The number of benzene rings is 1. The Morgan fingerprint density at radius 2 is 1.94 bits per heavy atom. The van der Waals surface area contributed by atoms with E-state index in [1.165, 1.54) is 21.9 Å². The van der Waals surface area contributed by atoms with E-state index in [-0.39, 0.29) is 0 Å². The molecule has 0 aliphatic carbocycles. The predicted octanol–water partition coefficient (Wildman–Crippen LogP) is 2.82. The van der Waals surface area contributed by atoms with Crippen LogP contribution in [0.25, 0.3) is 0 Å². The van der Waals surface area contributed by atoms with Gasteiger partial charge < -0.3 is 0 Å². The van der Waals surface area contributed by atoms with Crippen molar-refractivity contribution in [3.8, 4) is 0 Å². The van der Waals surface area contributed by atoms with Gasteiger partial charge in [0.25, 0.3) is 0 Å². The van der Waals surface area contributed by atoms with Crippen LogP contribution in [0.5, 0.6) is 0 Å². The molecule has 0 fully saturated rings. The van der Waals surface area contributed by atoms with Crippen LogP contribution in [0, 0.1) is 13.8 Å². The van der Waals surface area contributed by atoms with Crippen LogP contribution in [0.3, 0.4) is 0 Å². The minimum absolute atomic E-state index is 0.674. The molecule has 2 rings (SSSR count). The summed E-state index contributed by atoms with van der Waals surface area (Å²) < 4.78 is 2.13. The normalized spacial score (nSPS) is 10.7. The van der Waals surface area contributed by atoms with Crippen LogP contribution >= 0.6 is 0 Å². The molecule has 2 nitrogen and oxygen atoms in total. The van der Waals surface area contributed by atoms with Gasteiger partial charge in [-0.15, -0.1) is 0 Å². The zero-order chi connectivity index (χ0) is 12.1. The van der Waals surface area contributed by atoms with Gasteiger partial charge in [0, 0.05) is 0 Å². The molecule has 0 aliphatic rings. The van der Waals surface area contributed by atoms with Gasteiger partial charge >= 0.3 is 109 Å². The van der Waals surface area contributed by atoms with Crippen molar-refractivity contribution >= 4 is 15.0 Å². The van der Waals surface area contributed by atoms with Crippen LogP contribution in [0.4, 0.5) is 0 Å². The zero-order valence-electron chi connectivity index (χ0n) is 10.4. The summed E-state index contributed by atoms with van der Waals surface area (Å²) in [6.07, 6.45) is 0. The molecule has 0 bridgehead atoms. The van der Waals surface area contributed by atoms with Gasteiger partial charge in [0.15, 0.2) is 0 Å². The Labute approximate surface area is 109 Å². The Morgan fingerprint density at radius 3 is 2.59 bits per heavy atom. The summed E-state index contributed by atoms with van der Waals surface area (Å²) in [7, 11) is 0. The van der Waals surface area contributed by atoms with E-state index >= 15 is 0 Å². The van der Waals surface area contributed by atoms with Gasteiger partial charge in [-0.05, 0) is 0 Å². The van der Waals surface area contributed by atoms with Crippen molar-refractivity contribution in [3.63, 3.8) is 0 Å². The molecule has 90 valence electrons. The zero-order valence-corrected chi connectivity index (χ0v) is 12.1. The molecule has 2 aromatic rings. The van der Waals surface area contributed by atoms with E-state index in [1.54, 1.807) is 0 Å². The maximum absolute atomic E-state index is 4.48. The summed E-state index contributed by atoms with van der Waals surface area (Å²) in [5, 5.41) is 6.96. The number of aryl methyl sites for hydroxylation is 3. The molecule has 0 saturated carbocycles. The second-order valence-corrected chi connectivity index (χ2v) is 6.51. The monoisotopic (exact) mass is 294 g/mol. The first kappa shape index (κ1) is 12.4. The first-order chi connectivity index (χ1) is 8.25. The molecule has 1 heterocycles. The van der Waals surface area contributed by atoms with Crippen molar-refractivity contribution in [2.45, 2.75) is 31.0 Å². The summed E-state index contributed by atoms with van der Waals surface area (Å²) in [5.74, 6) is 0. The summed E-state index contributed by atoms with van der Waals surface area (Å²) >= 11 is 0.674. The Bertz CT molecular complexity index is 462. The van der Waals surface area contributed by atoms with Gasteiger partial charge in [0.2, 0.25) is 0 Å². The summed E-state index contributed by atoms with van der Waals surface area (Å²) in [6, 6.07) is 12.9. The van der Waals surface area contributed by atoms with E-state index in [4.69, 9.17) is 0 Å². The molecule has 0 N–H and O–H groups in total. The molecule has 3 heteroatoms. The van der Waals surface area contributed by atoms with Crippen LogP contribution in [0.1, 0.15) is 17.0 Å². The fraction of sp³-hybridized carbons (Fsp3) is 0.357. The minimum atomic E-state index is 0.674. The van der Waals surface area contributed by atoms with Crippen LogP contribution in [0.15, 0.2) is 36.4 Å². The van der Waals surface area contributed by atoms with Crippen molar-refractivity contribution in [3.05, 3.63) is 53.3 Å². The first-order valence-corrected chi connectivity index (χ1v) is 8.31. The van der Waals surface area contributed by atoms with Gasteiger partial charge in [-0.25, -0.2) is 0 Å². The molecule has 0 atom stereocenters. The number of nitrogens with zero attached hydrogens (tertiary/aromatic N) is 2. The van der Waals surface area contributed by atoms with Crippen molar-refractivity contribution < 1.29 is 0 Å². The second kappa shape index (κ2) is 6.04. The standard InChI is InChI=1S/C14H18N2Se/c1-12-10-13(2)16(15-12)8-9-17-11-14-6-4-3-5-7-14/h3-7,10H,8-9,11H2,1-2H3. The molecule has 17 heavy (non-hydrogen) atoms. The molecule has 0 amide bonds. The molecular weight excluding hydrogens is 275 g/mol. The number of hydrogen-bond acceptors (Lipinski definition) is 1. The van der Waals surface area contributed by atoms with E-state index < -0.39 is 0 Å². The van der Waals surface area contributed by atoms with Gasteiger partial charge in [0.05, 0.1) is 0 Å². The first-order valence-electron chi connectivity index (χ1n) is 5.88. The molecule has 0 aliphatic heterocycles. The van der Waals surface area contributed by atoms with Gasteiger partial charge in [-0.1, -0.05) is 0 Å². The van der Waals surface area contributed by atoms with Crippen molar-refractivity contribution in [2.24, 2.45) is 0 Å². The molecule has 1 aromatic carbocycles. The molecule has 0 radical (unpaired) electrons. The SMILES string of the molecule is Cc1cc(C)n(CC[Se]Cc2ccccc2)n1. The molecule has 0 spiro atoms. The topological polar surface area (TPSA) is 17.8 Å². The van der Waals surface area contributed by atoms with E-state index in [2.05, 4.69) is 60.0 Å². The molecule has 0 unspecified atom stereocenters. The van der Waals surface area contributed by atoms with Gasteiger partial charge in [0.1, 0.15) is 0 Å². The molecule has 1 aromatic heterocycles. The third kappa shape index (κ3) is 3.72. The van der Waals surface area contributed by atoms with Crippen LogP contribution in [0.2, 0.25) is 5.32 Å². The Balaban J connectivity index is 1.75. The average molecular weight is 293 g/mol. The average Bonchev–Trinajstić information content (AvgIpc) is 2.65. The van der Waals surface area contributed by atoms with E-state index in [1.807, 2.05) is 0 Å². The number of hydrogen-bond donors (Lipinski definition) is 0. The Kier molecular flexibility index (Phi) is 4.41. The quantitative estimate of drug-likeness (QED) is 0.612. The van der Waals surface area contributed by atoms with Crippen molar-refractivity contribution in [2.75, 3.05) is 0 Å². The fourth-order valence-corrected chi connectivity index (χ4v) is 3.65. The van der Waals surface area contributed by atoms with E-state index in [0.717, 1.165) is 12.2 Å². The number of rotatable bonds is 5. The molecular formula is C14H18N2Se. The third-order valence-corrected chi connectivity index (χ3v) is 4.78. The summed E-state index contributed by atoms with van der Waals surface area (Å²) in [4.78, 5) is 0. The molecule has 0 saturated heterocycles. The van der Waals surface area contributed by atoms with Gasteiger partial charge in [-0.2, -0.15) is 0 Å². The Morgan fingerprint density at radius 1 is 1.18 bits per heavy atom. The van der Waals surface area contributed by atoms with Gasteiger partial charge in [-0.3, -0.25) is 0 Å². The third-order valence-electron chi connectivity index (χ3n) is 2.66. The second-order valence-electron chi connectivity index (χ2n) is 4.19. The van der Waals surface area contributed by atoms with Crippen LogP contribution < -0.4 is 0 Å². The van der Waals surface area contributed by atoms with E-state index in [0.29, 0.717) is 15.0 Å². The van der Waals surface area contributed by atoms with Crippen molar-refractivity contribution in [1.29, 1.82) is 0 Å².